The van der Waals surface area contributed by atoms with E-state index in [-0.39, 0.29) is 24.4 Å². The van der Waals surface area contributed by atoms with Gasteiger partial charge < -0.3 is 9.52 Å². The molecule has 1 saturated heterocycles. The summed E-state index contributed by atoms with van der Waals surface area (Å²) in [5, 5.41) is 20.9. The third-order valence-electron chi connectivity index (χ3n) is 4.48. The Balaban J connectivity index is 1.96. The summed E-state index contributed by atoms with van der Waals surface area (Å²) >= 11 is 0. The Bertz CT molecular complexity index is 597. The third-order valence-corrected chi connectivity index (χ3v) is 4.48. The normalized spacial score (nSPS) is 17.7. The maximum Gasteiger partial charge on any atom is 0.243 e. The summed E-state index contributed by atoms with van der Waals surface area (Å²) in [6.45, 7) is 9.47. The number of amides is 1. The van der Waals surface area contributed by atoms with Gasteiger partial charge in [0.15, 0.2) is 0 Å². The number of nitriles is 1. The molecule has 1 atom stereocenters. The first kappa shape index (κ1) is 17.5. The summed E-state index contributed by atoms with van der Waals surface area (Å²) in [6, 6.07) is 1.77. The van der Waals surface area contributed by atoms with Crippen LogP contribution in [-0.2, 0) is 4.79 Å². The molecule has 1 aliphatic rings. The van der Waals surface area contributed by atoms with Gasteiger partial charge in [-0.05, 0) is 20.8 Å². The fourth-order valence-corrected chi connectivity index (χ4v) is 2.75. The minimum atomic E-state index is -0.302. The highest BCUT2D eigenvalue weighted by atomic mass is 16.4. The molecule has 1 aromatic rings. The van der Waals surface area contributed by atoms with Crippen molar-refractivity contribution in [3.05, 3.63) is 16.9 Å². The molecule has 0 spiro atoms. The number of carbonyl (C=O) groups excluding carboxylic acids is 1. The molecular formula is C16H24N4O3. The minimum Gasteiger partial charge on any atom is -0.444 e. The molecule has 1 aliphatic heterocycles. The van der Waals surface area contributed by atoms with Crippen LogP contribution in [0.25, 0.3) is 0 Å². The van der Waals surface area contributed by atoms with Crippen LogP contribution in [0.15, 0.2) is 4.42 Å². The van der Waals surface area contributed by atoms with Gasteiger partial charge >= 0.3 is 0 Å². The number of rotatable bonds is 5. The van der Waals surface area contributed by atoms with Crippen LogP contribution in [0.2, 0.25) is 0 Å². The monoisotopic (exact) mass is 320 g/mol. The lowest BCUT2D eigenvalue weighted by molar-refractivity contribution is -0.121. The number of furan rings is 1. The molecule has 0 aliphatic carbocycles. The molecule has 0 radical (unpaired) electrons. The van der Waals surface area contributed by atoms with Crippen LogP contribution in [0.5, 0.6) is 0 Å². The number of β-amino-alcohol motifs (C(OH)–C–C–N with tert-alkyl or cyclic N) is 1. The van der Waals surface area contributed by atoms with Gasteiger partial charge in [-0.15, -0.1) is 0 Å². The van der Waals surface area contributed by atoms with Crippen LogP contribution < -0.4 is 5.32 Å². The summed E-state index contributed by atoms with van der Waals surface area (Å²) in [4.78, 5) is 16.7. The van der Waals surface area contributed by atoms with E-state index in [1.165, 1.54) is 0 Å². The van der Waals surface area contributed by atoms with Crippen LogP contribution >= 0.6 is 0 Å². The molecule has 23 heavy (non-hydrogen) atoms. The van der Waals surface area contributed by atoms with Crippen molar-refractivity contribution in [1.29, 1.82) is 5.26 Å². The van der Waals surface area contributed by atoms with Gasteiger partial charge in [0.05, 0.1) is 12.6 Å². The molecule has 126 valence electrons. The van der Waals surface area contributed by atoms with Crippen molar-refractivity contribution in [2.75, 3.05) is 44.6 Å². The number of piperazine rings is 1. The summed E-state index contributed by atoms with van der Waals surface area (Å²) in [5.74, 6) is 0.700. The van der Waals surface area contributed by atoms with Crippen molar-refractivity contribution in [1.82, 2.24) is 9.80 Å². The fraction of sp³-hybridized carbons (Fsp3) is 0.625. The second-order valence-corrected chi connectivity index (χ2v) is 5.87. The zero-order valence-electron chi connectivity index (χ0n) is 13.9. The number of aryl methyl sites for hydroxylation is 1. The average Bonchev–Trinajstić information content (AvgIpc) is 2.81. The summed E-state index contributed by atoms with van der Waals surface area (Å²) in [7, 11) is 0. The molecule has 1 amide bonds. The van der Waals surface area contributed by atoms with Gasteiger partial charge in [0, 0.05) is 38.3 Å². The Hall–Kier alpha value is -1.88. The lowest BCUT2D eigenvalue weighted by Crippen LogP contribution is -2.53. The van der Waals surface area contributed by atoms with Crippen LogP contribution in [-0.4, -0.2) is 66.2 Å². The molecule has 2 rings (SSSR count). The number of nitrogens with one attached hydrogen (secondary N) is 1. The highest BCUT2D eigenvalue weighted by molar-refractivity contribution is 5.94. The summed E-state index contributed by atoms with van der Waals surface area (Å²) < 4.78 is 5.48. The van der Waals surface area contributed by atoms with E-state index in [0.717, 1.165) is 31.7 Å². The van der Waals surface area contributed by atoms with Crippen molar-refractivity contribution in [3.63, 3.8) is 0 Å². The third kappa shape index (κ3) is 3.91. The molecule has 0 bridgehead atoms. The van der Waals surface area contributed by atoms with Gasteiger partial charge in [-0.1, -0.05) is 0 Å². The van der Waals surface area contributed by atoms with Crippen molar-refractivity contribution in [3.8, 4) is 6.07 Å². The van der Waals surface area contributed by atoms with Crippen LogP contribution in [0, 0.1) is 25.2 Å². The lowest BCUT2D eigenvalue weighted by atomic mass is 10.1. The van der Waals surface area contributed by atoms with E-state index in [1.807, 2.05) is 6.92 Å². The van der Waals surface area contributed by atoms with Crippen molar-refractivity contribution in [2.45, 2.75) is 26.8 Å². The zero-order chi connectivity index (χ0) is 17.0. The number of carbonyl (C=O) groups is 1. The van der Waals surface area contributed by atoms with Gasteiger partial charge in [0.2, 0.25) is 11.8 Å². The van der Waals surface area contributed by atoms with Gasteiger partial charge in [-0.2, -0.15) is 5.26 Å². The van der Waals surface area contributed by atoms with Crippen LogP contribution in [0.3, 0.4) is 0 Å². The van der Waals surface area contributed by atoms with Gasteiger partial charge in [0.25, 0.3) is 0 Å². The molecule has 2 heterocycles. The summed E-state index contributed by atoms with van der Waals surface area (Å²) in [6.07, 6.45) is 0. The number of hydrogen-bond acceptors (Lipinski definition) is 6. The van der Waals surface area contributed by atoms with Crippen LogP contribution in [0.4, 0.5) is 5.88 Å². The maximum absolute atomic E-state index is 12.4. The molecule has 0 saturated carbocycles. The quantitative estimate of drug-likeness (QED) is 0.830. The largest absolute Gasteiger partial charge is 0.444 e. The number of aliphatic hydroxyl groups excluding tert-OH is 1. The first-order chi connectivity index (χ1) is 11.0. The smallest absolute Gasteiger partial charge is 0.243 e. The SMILES string of the molecule is Cc1oc(NC(=O)[C@@H](C)N2CCN(CCO)CC2)c(C#N)c1C. The second kappa shape index (κ2) is 7.59. The zero-order valence-corrected chi connectivity index (χ0v) is 13.9. The molecule has 2 N–H and O–H groups in total. The Morgan fingerprint density at radius 2 is 2.04 bits per heavy atom. The molecule has 0 aromatic carbocycles. The predicted octanol–water partition coefficient (Wildman–Crippen LogP) is 0.705. The number of anilines is 1. The predicted molar refractivity (Wildman–Crippen MR) is 86.1 cm³/mol. The first-order valence-corrected chi connectivity index (χ1v) is 7.86. The van der Waals surface area contributed by atoms with Gasteiger partial charge in [-0.3, -0.25) is 19.9 Å². The Kier molecular flexibility index (Phi) is 5.77. The Morgan fingerprint density at radius 3 is 2.61 bits per heavy atom. The van der Waals surface area contributed by atoms with E-state index in [1.54, 1.807) is 13.8 Å². The second-order valence-electron chi connectivity index (χ2n) is 5.87. The average molecular weight is 320 g/mol. The van der Waals surface area contributed by atoms with Crippen molar-refractivity contribution in [2.24, 2.45) is 0 Å². The van der Waals surface area contributed by atoms with E-state index >= 15 is 0 Å². The highest BCUT2D eigenvalue weighted by Crippen LogP contribution is 2.25. The standard InChI is InChI=1S/C16H24N4O3/c1-11-13(3)23-16(14(11)10-17)18-15(22)12(2)20-6-4-19(5-7-20)8-9-21/h12,21H,4-9H2,1-3H3,(H,18,22)/t12-/m1/s1. The van der Waals surface area contributed by atoms with Crippen molar-refractivity contribution < 1.29 is 14.3 Å². The Labute approximate surface area is 136 Å². The van der Waals surface area contributed by atoms with Gasteiger partial charge in [0.1, 0.15) is 17.4 Å². The molecular weight excluding hydrogens is 296 g/mol. The van der Waals surface area contributed by atoms with E-state index in [2.05, 4.69) is 21.2 Å². The van der Waals surface area contributed by atoms with Crippen molar-refractivity contribution >= 4 is 11.8 Å². The molecule has 1 fully saturated rings. The molecule has 0 unspecified atom stereocenters. The van der Waals surface area contributed by atoms with E-state index in [0.29, 0.717) is 17.9 Å². The molecule has 7 heteroatoms. The molecule has 7 nitrogen and oxygen atoms in total. The Morgan fingerprint density at radius 1 is 1.39 bits per heavy atom. The number of hydrogen-bond donors (Lipinski definition) is 2. The number of nitrogens with zero attached hydrogens (tertiary/aromatic N) is 3. The minimum absolute atomic E-state index is 0.157. The number of aliphatic hydroxyl groups is 1. The lowest BCUT2D eigenvalue weighted by Gasteiger charge is -2.37. The fourth-order valence-electron chi connectivity index (χ4n) is 2.75. The molecule has 1 aromatic heterocycles. The topological polar surface area (TPSA) is 92.7 Å². The van der Waals surface area contributed by atoms with E-state index in [4.69, 9.17) is 9.52 Å². The van der Waals surface area contributed by atoms with E-state index < -0.39 is 0 Å². The van der Waals surface area contributed by atoms with Gasteiger partial charge in [-0.25, -0.2) is 0 Å². The maximum atomic E-state index is 12.4. The van der Waals surface area contributed by atoms with Crippen LogP contribution in [0.1, 0.15) is 23.8 Å². The summed E-state index contributed by atoms with van der Waals surface area (Å²) in [5.41, 5.74) is 1.14. The first-order valence-electron chi connectivity index (χ1n) is 7.86. The van der Waals surface area contributed by atoms with E-state index in [9.17, 15) is 10.1 Å². The highest BCUT2D eigenvalue weighted by Gasteiger charge is 2.27.